The van der Waals surface area contributed by atoms with E-state index in [1.807, 2.05) is 0 Å². The number of rotatable bonds is 8. The summed E-state index contributed by atoms with van der Waals surface area (Å²) in [6.07, 6.45) is 0. The van der Waals surface area contributed by atoms with Gasteiger partial charge in [-0.2, -0.15) is 0 Å². The Kier molecular flexibility index (Phi) is 7.22. The smallest absolute Gasteiger partial charge is 0.352 e. The topological polar surface area (TPSA) is 173 Å². The van der Waals surface area contributed by atoms with E-state index in [9.17, 15) is 19.5 Å². The minimum absolute atomic E-state index is 0.0629. The zero-order chi connectivity index (χ0) is 23.7. The molecule has 17 heteroatoms. The summed E-state index contributed by atoms with van der Waals surface area (Å²) in [5, 5.41) is 23.5. The number of aromatic nitrogens is 3. The molecule has 0 bridgehead atoms. The fourth-order valence-corrected chi connectivity index (χ4v) is 7.43. The molecule has 1 unspecified atom stereocenters. The Balaban J connectivity index is 1.51. The maximum Gasteiger partial charge on any atom is 0.352 e. The number of anilines is 1. The third-order valence-corrected chi connectivity index (χ3v) is 9.29. The second kappa shape index (κ2) is 9.96. The Morgan fingerprint density at radius 2 is 2.30 bits per heavy atom. The van der Waals surface area contributed by atoms with Crippen molar-refractivity contribution >= 4 is 90.8 Å². The molecule has 174 valence electrons. The Morgan fingerprint density at radius 1 is 1.52 bits per heavy atom. The van der Waals surface area contributed by atoms with Crippen LogP contribution in [0.25, 0.3) is 0 Å². The van der Waals surface area contributed by atoms with Crippen molar-refractivity contribution in [3.63, 3.8) is 0 Å². The average Bonchev–Trinajstić information content (AvgIpc) is 3.42. The highest BCUT2D eigenvalue weighted by molar-refractivity contribution is 9.11. The number of thiazole rings is 1. The van der Waals surface area contributed by atoms with Gasteiger partial charge in [-0.3, -0.25) is 14.5 Å². The van der Waals surface area contributed by atoms with E-state index in [2.05, 4.69) is 41.6 Å². The molecule has 4 rings (SSSR count). The number of oxime groups is 1. The zero-order valence-corrected chi connectivity index (χ0v) is 21.4. The van der Waals surface area contributed by atoms with Gasteiger partial charge in [-0.1, -0.05) is 39.6 Å². The molecule has 2 aliphatic rings. The van der Waals surface area contributed by atoms with Crippen LogP contribution in [-0.2, 0) is 19.2 Å². The normalized spacial score (nSPS) is 20.4. The Hall–Kier alpha value is -2.21. The SMILES string of the molecule is CO/N=C(\C(=O)NC1C(=O)N2C(C(=O)O)=C(CSc3nncs3)CS[C@H]12)c1nc(N)sc1Br. The van der Waals surface area contributed by atoms with Gasteiger partial charge in [0.05, 0.1) is 0 Å². The van der Waals surface area contributed by atoms with Crippen LogP contribution in [0.2, 0.25) is 0 Å². The predicted molar refractivity (Wildman–Crippen MR) is 128 cm³/mol. The lowest BCUT2D eigenvalue weighted by atomic mass is 10.0. The van der Waals surface area contributed by atoms with Gasteiger partial charge in [-0.15, -0.1) is 22.0 Å². The summed E-state index contributed by atoms with van der Waals surface area (Å²) in [6, 6.07) is -0.925. The molecule has 0 spiro atoms. The average molecular weight is 593 g/mol. The molecule has 0 radical (unpaired) electrons. The van der Waals surface area contributed by atoms with E-state index in [1.54, 1.807) is 5.51 Å². The van der Waals surface area contributed by atoms with Crippen molar-refractivity contribution in [1.29, 1.82) is 0 Å². The Labute approximate surface area is 211 Å². The third-order valence-electron chi connectivity index (χ3n) is 4.47. The quantitative estimate of drug-likeness (QED) is 0.174. The molecule has 2 aromatic rings. The molecule has 1 saturated heterocycles. The lowest BCUT2D eigenvalue weighted by molar-refractivity contribution is -0.150. The second-order valence-corrected chi connectivity index (χ2v) is 11.9. The molecule has 2 aromatic heterocycles. The van der Waals surface area contributed by atoms with Gasteiger partial charge in [-0.05, 0) is 21.5 Å². The van der Waals surface area contributed by atoms with Crippen LogP contribution in [0.1, 0.15) is 5.69 Å². The van der Waals surface area contributed by atoms with E-state index in [0.29, 0.717) is 25.2 Å². The molecule has 2 aliphatic heterocycles. The summed E-state index contributed by atoms with van der Waals surface area (Å²) >= 11 is 8.47. The number of carboxylic acid groups (broad SMARTS) is 1. The van der Waals surface area contributed by atoms with E-state index in [1.165, 1.54) is 46.9 Å². The molecule has 1 fully saturated rings. The zero-order valence-electron chi connectivity index (χ0n) is 16.6. The number of aliphatic carboxylic acids is 1. The maximum absolute atomic E-state index is 12.9. The number of carbonyl (C=O) groups is 3. The molecular formula is C16H14BrN7O5S4. The van der Waals surface area contributed by atoms with Crippen LogP contribution < -0.4 is 11.1 Å². The van der Waals surface area contributed by atoms with Crippen LogP contribution in [0.3, 0.4) is 0 Å². The summed E-state index contributed by atoms with van der Waals surface area (Å²) < 4.78 is 1.19. The van der Waals surface area contributed by atoms with Crippen molar-refractivity contribution in [2.24, 2.45) is 5.16 Å². The van der Waals surface area contributed by atoms with Gasteiger partial charge in [0.15, 0.2) is 15.2 Å². The first-order chi connectivity index (χ1) is 15.8. The molecule has 0 aromatic carbocycles. The number of nitrogens with one attached hydrogen (secondary N) is 1. The summed E-state index contributed by atoms with van der Waals surface area (Å²) in [6.45, 7) is 0. The first-order valence-corrected chi connectivity index (χ1v) is 13.5. The number of β-lactam (4-membered cyclic amide) rings is 1. The molecule has 0 saturated carbocycles. The fourth-order valence-electron chi connectivity index (χ4n) is 3.13. The first-order valence-electron chi connectivity index (χ1n) is 8.95. The number of hydrogen-bond acceptors (Lipinski definition) is 13. The van der Waals surface area contributed by atoms with Crippen LogP contribution >= 0.6 is 62.1 Å². The van der Waals surface area contributed by atoms with Crippen LogP contribution in [0.4, 0.5) is 5.13 Å². The number of nitrogens with two attached hydrogens (primary N) is 1. The van der Waals surface area contributed by atoms with Gasteiger partial charge >= 0.3 is 5.97 Å². The second-order valence-electron chi connectivity index (χ2n) is 6.41. The summed E-state index contributed by atoms with van der Waals surface area (Å²) in [5.41, 5.74) is 7.84. The molecule has 0 aliphatic carbocycles. The number of amides is 2. The number of carboxylic acids is 1. The summed E-state index contributed by atoms with van der Waals surface area (Å²) in [5.74, 6) is -1.66. The molecular weight excluding hydrogens is 578 g/mol. The van der Waals surface area contributed by atoms with Gasteiger partial charge < -0.3 is 21.0 Å². The Morgan fingerprint density at radius 3 is 2.91 bits per heavy atom. The summed E-state index contributed by atoms with van der Waals surface area (Å²) in [7, 11) is 1.27. The van der Waals surface area contributed by atoms with E-state index in [0.717, 1.165) is 11.3 Å². The van der Waals surface area contributed by atoms with Crippen LogP contribution in [0.5, 0.6) is 0 Å². The van der Waals surface area contributed by atoms with E-state index in [-0.39, 0.29) is 22.2 Å². The number of carbonyl (C=O) groups excluding carboxylic acids is 2. The number of thioether (sulfide) groups is 2. The van der Waals surface area contributed by atoms with Crippen LogP contribution in [0.15, 0.2) is 30.1 Å². The number of halogens is 1. The van der Waals surface area contributed by atoms with Gasteiger partial charge in [0.1, 0.15) is 39.2 Å². The van der Waals surface area contributed by atoms with Crippen LogP contribution in [0, 0.1) is 0 Å². The number of fused-ring (bicyclic) bond motifs is 1. The summed E-state index contributed by atoms with van der Waals surface area (Å²) in [4.78, 5) is 47.8. The van der Waals surface area contributed by atoms with E-state index in [4.69, 9.17) is 10.6 Å². The lowest BCUT2D eigenvalue weighted by Crippen LogP contribution is -2.71. The highest BCUT2D eigenvalue weighted by atomic mass is 79.9. The Bertz CT molecular complexity index is 1170. The molecule has 2 atom stereocenters. The van der Waals surface area contributed by atoms with Crippen molar-refractivity contribution < 1.29 is 24.3 Å². The van der Waals surface area contributed by atoms with E-state index < -0.39 is 29.2 Å². The molecule has 12 nitrogen and oxygen atoms in total. The lowest BCUT2D eigenvalue weighted by Gasteiger charge is -2.49. The standard InChI is InChI=1S/C16H14BrN7O5S4/c1-29-23-7(6-10(17)33-15(18)21-6)11(25)20-8-12(26)24-9(14(27)28)5(2-30-13(8)24)3-31-16-22-19-4-32-16/h4,8,13H,2-3H2,1H3,(H2,18,21)(H,20,25)(H,27,28)/b23-7-/t8?,13-/m1/s1. The highest BCUT2D eigenvalue weighted by Gasteiger charge is 2.54. The van der Waals surface area contributed by atoms with Gasteiger partial charge in [-0.25, -0.2) is 9.78 Å². The minimum Gasteiger partial charge on any atom is -0.477 e. The van der Waals surface area contributed by atoms with Gasteiger partial charge in [0.2, 0.25) is 0 Å². The van der Waals surface area contributed by atoms with E-state index >= 15 is 0 Å². The van der Waals surface area contributed by atoms with Gasteiger partial charge in [0, 0.05) is 11.5 Å². The minimum atomic E-state index is -1.20. The molecule has 2 amide bonds. The van der Waals surface area contributed by atoms with Crippen molar-refractivity contribution in [1.82, 2.24) is 25.4 Å². The fraction of sp³-hybridized carbons (Fsp3) is 0.312. The molecule has 4 N–H and O–H groups in total. The van der Waals surface area contributed by atoms with Crippen molar-refractivity contribution in [2.75, 3.05) is 24.3 Å². The van der Waals surface area contributed by atoms with Gasteiger partial charge in [0.25, 0.3) is 11.8 Å². The number of hydrogen-bond donors (Lipinski definition) is 3. The highest BCUT2D eigenvalue weighted by Crippen LogP contribution is 2.41. The number of nitrogens with zero attached hydrogens (tertiary/aromatic N) is 5. The third kappa shape index (κ3) is 4.72. The van der Waals surface area contributed by atoms with Crippen molar-refractivity contribution in [3.8, 4) is 0 Å². The van der Waals surface area contributed by atoms with Crippen LogP contribution in [-0.4, -0.2) is 78.7 Å². The van der Waals surface area contributed by atoms with Crippen molar-refractivity contribution in [3.05, 3.63) is 26.3 Å². The predicted octanol–water partition coefficient (Wildman–Crippen LogP) is 1.22. The first kappa shape index (κ1) is 23.9. The molecule has 33 heavy (non-hydrogen) atoms. The molecule has 4 heterocycles. The van der Waals surface area contributed by atoms with Crippen molar-refractivity contribution in [2.45, 2.75) is 15.8 Å². The monoisotopic (exact) mass is 591 g/mol. The number of nitrogen functional groups attached to an aromatic ring is 1. The maximum atomic E-state index is 12.9. The largest absolute Gasteiger partial charge is 0.477 e.